The Labute approximate surface area is 126 Å². The summed E-state index contributed by atoms with van der Waals surface area (Å²) in [6.45, 7) is 8.81. The number of H-pyrrole nitrogens is 1. The molecule has 2 heterocycles. The Kier molecular flexibility index (Phi) is 3.76. The van der Waals surface area contributed by atoms with Crippen LogP contribution in [0, 0.1) is 13.8 Å². The molecule has 0 bridgehead atoms. The molecule has 0 unspecified atom stereocenters. The molecule has 1 aliphatic rings. The molecule has 0 aromatic carbocycles. The first-order chi connectivity index (χ1) is 10.0. The predicted molar refractivity (Wildman–Crippen MR) is 75.0 cm³/mol. The number of aromatic nitrogens is 2. The first-order valence-corrected chi connectivity index (χ1v) is 6.70. The fourth-order valence-electron chi connectivity index (χ4n) is 2.52. The topological polar surface area (TPSA) is 90.4 Å². The van der Waals surface area contributed by atoms with Crippen LogP contribution in [0.2, 0.25) is 0 Å². The highest BCUT2D eigenvalue weighted by Crippen LogP contribution is 2.49. The second kappa shape index (κ2) is 5.05. The number of carbonyl (C=O) groups is 1. The van der Waals surface area contributed by atoms with Crippen molar-refractivity contribution in [1.82, 2.24) is 9.55 Å². The number of ether oxygens (including phenoxy) is 2. The maximum atomic E-state index is 15.3. The number of halogens is 1. The summed E-state index contributed by atoms with van der Waals surface area (Å²) in [5.74, 6) is -0.686. The fraction of sp³-hybridized carbons (Fsp3) is 0.571. The van der Waals surface area contributed by atoms with Crippen LogP contribution in [0.4, 0.5) is 4.39 Å². The van der Waals surface area contributed by atoms with Crippen LogP contribution >= 0.6 is 0 Å². The molecule has 8 heteroatoms. The Morgan fingerprint density at radius 2 is 2.09 bits per heavy atom. The van der Waals surface area contributed by atoms with Crippen molar-refractivity contribution >= 4 is 5.97 Å². The van der Waals surface area contributed by atoms with Crippen molar-refractivity contribution in [3.63, 3.8) is 0 Å². The number of alkyl halides is 1. The predicted octanol–water partition coefficient (Wildman–Crippen LogP) is 0.627. The normalized spacial score (nSPS) is 34.6. The van der Waals surface area contributed by atoms with Gasteiger partial charge >= 0.3 is 11.7 Å². The van der Waals surface area contributed by atoms with Crippen molar-refractivity contribution in [1.29, 1.82) is 0 Å². The number of hydrogen-bond acceptors (Lipinski definition) is 5. The summed E-state index contributed by atoms with van der Waals surface area (Å²) in [7, 11) is 0. The highest BCUT2D eigenvalue weighted by Gasteiger charge is 2.65. The van der Waals surface area contributed by atoms with Crippen LogP contribution in [0.25, 0.3) is 0 Å². The smallest absolute Gasteiger partial charge is 0.330 e. The quantitative estimate of drug-likeness (QED) is 0.809. The molecule has 22 heavy (non-hydrogen) atoms. The lowest BCUT2D eigenvalue weighted by Gasteiger charge is -2.36. The van der Waals surface area contributed by atoms with E-state index in [4.69, 9.17) is 9.47 Å². The van der Waals surface area contributed by atoms with Gasteiger partial charge in [-0.3, -0.25) is 19.1 Å². The van der Waals surface area contributed by atoms with E-state index in [1.165, 1.54) is 27.0 Å². The summed E-state index contributed by atoms with van der Waals surface area (Å²) in [5, 5.41) is 0. The highest BCUT2D eigenvalue weighted by atomic mass is 19.1. The SMILES string of the molecule is [CH2][C@H]1O[C@@H](n2cc(C)c(=O)[nH]c2=O)[C@](C)(F)[C@]1(C)OC(C)=O. The summed E-state index contributed by atoms with van der Waals surface area (Å²) in [6.07, 6.45) is -1.21. The van der Waals surface area contributed by atoms with Crippen LogP contribution in [0.3, 0.4) is 0 Å². The van der Waals surface area contributed by atoms with Gasteiger partial charge < -0.3 is 9.47 Å². The zero-order chi connectivity index (χ0) is 16.9. The van der Waals surface area contributed by atoms with Crippen molar-refractivity contribution in [2.24, 2.45) is 0 Å². The second-order valence-electron chi connectivity index (χ2n) is 5.73. The Morgan fingerprint density at radius 3 is 2.64 bits per heavy atom. The van der Waals surface area contributed by atoms with Crippen molar-refractivity contribution in [3.05, 3.63) is 39.5 Å². The average Bonchev–Trinajstić information content (AvgIpc) is 2.54. The molecule has 1 saturated heterocycles. The maximum absolute atomic E-state index is 15.3. The molecule has 1 aliphatic heterocycles. The molecule has 121 valence electrons. The Morgan fingerprint density at radius 1 is 1.50 bits per heavy atom. The molecule has 4 atom stereocenters. The molecule has 2 rings (SSSR count). The van der Waals surface area contributed by atoms with Crippen LogP contribution in [-0.4, -0.2) is 32.9 Å². The van der Waals surface area contributed by atoms with Gasteiger partial charge in [0.05, 0.1) is 0 Å². The van der Waals surface area contributed by atoms with Crippen LogP contribution in [0.15, 0.2) is 15.8 Å². The number of nitrogens with one attached hydrogen (secondary N) is 1. The minimum Gasteiger partial charge on any atom is -0.453 e. The minimum atomic E-state index is -2.24. The second-order valence-corrected chi connectivity index (χ2v) is 5.73. The zero-order valence-electron chi connectivity index (χ0n) is 12.8. The van der Waals surface area contributed by atoms with Crippen molar-refractivity contribution in [2.75, 3.05) is 0 Å². The van der Waals surface area contributed by atoms with E-state index in [2.05, 4.69) is 11.9 Å². The molecular weight excluding hydrogens is 295 g/mol. The number of hydrogen-bond donors (Lipinski definition) is 1. The lowest BCUT2D eigenvalue weighted by Crippen LogP contribution is -2.54. The Hall–Kier alpha value is -1.96. The lowest BCUT2D eigenvalue weighted by atomic mass is 9.84. The van der Waals surface area contributed by atoms with Crippen LogP contribution in [0.5, 0.6) is 0 Å². The zero-order valence-corrected chi connectivity index (χ0v) is 12.8. The third-order valence-electron chi connectivity index (χ3n) is 4.10. The summed E-state index contributed by atoms with van der Waals surface area (Å²) < 4.78 is 26.8. The van der Waals surface area contributed by atoms with Crippen molar-refractivity contribution in [3.8, 4) is 0 Å². The van der Waals surface area contributed by atoms with E-state index >= 15 is 4.39 Å². The standard InChI is InChI=1S/C14H18FN2O5/c1-7-6-17(12(20)16-10(7)19)11-13(4,15)14(5,8(2)21-11)22-9(3)18/h6,8,11H,2H2,1,3-5H3,(H,16,19,20)/t8-,11-,13+,14-/m1/s1. The molecule has 1 radical (unpaired) electrons. The van der Waals surface area contributed by atoms with Gasteiger partial charge in [-0.15, -0.1) is 0 Å². The lowest BCUT2D eigenvalue weighted by molar-refractivity contribution is -0.171. The molecule has 7 nitrogen and oxygen atoms in total. The summed E-state index contributed by atoms with van der Waals surface area (Å²) in [5.41, 5.74) is -5.06. The Bertz CT molecular complexity index is 723. The molecule has 0 amide bonds. The molecule has 1 N–H and O–H groups in total. The molecule has 1 fully saturated rings. The van der Waals surface area contributed by atoms with Crippen LogP contribution < -0.4 is 11.2 Å². The molecule has 0 aliphatic carbocycles. The van der Waals surface area contributed by atoms with Gasteiger partial charge in [-0.05, 0) is 27.7 Å². The largest absolute Gasteiger partial charge is 0.453 e. The van der Waals surface area contributed by atoms with E-state index in [0.29, 0.717) is 0 Å². The summed E-state index contributed by atoms with van der Waals surface area (Å²) in [6, 6.07) is 0. The number of esters is 1. The van der Waals surface area contributed by atoms with E-state index in [-0.39, 0.29) is 5.56 Å². The maximum Gasteiger partial charge on any atom is 0.330 e. The number of rotatable bonds is 2. The van der Waals surface area contributed by atoms with Gasteiger partial charge in [0.1, 0.15) is 6.10 Å². The minimum absolute atomic E-state index is 0.223. The third kappa shape index (κ3) is 2.27. The molecular formula is C14H18FN2O5. The van der Waals surface area contributed by atoms with Crippen LogP contribution in [0.1, 0.15) is 32.6 Å². The van der Waals surface area contributed by atoms with E-state index in [1.807, 2.05) is 0 Å². The van der Waals surface area contributed by atoms with E-state index in [1.54, 1.807) is 0 Å². The van der Waals surface area contributed by atoms with Gasteiger partial charge in [0.2, 0.25) is 0 Å². The van der Waals surface area contributed by atoms with Crippen LogP contribution in [-0.2, 0) is 14.3 Å². The monoisotopic (exact) mass is 313 g/mol. The first-order valence-electron chi connectivity index (χ1n) is 6.70. The van der Waals surface area contributed by atoms with Crippen molar-refractivity contribution < 1.29 is 18.7 Å². The number of carbonyl (C=O) groups excluding carboxylic acids is 1. The molecule has 1 aromatic heterocycles. The number of aromatic amines is 1. The molecule has 0 spiro atoms. The number of aryl methyl sites for hydroxylation is 1. The Balaban J connectivity index is 2.55. The van der Waals surface area contributed by atoms with E-state index in [9.17, 15) is 14.4 Å². The third-order valence-corrected chi connectivity index (χ3v) is 4.10. The van der Waals surface area contributed by atoms with Gasteiger partial charge in [0.15, 0.2) is 17.5 Å². The first kappa shape index (κ1) is 16.4. The van der Waals surface area contributed by atoms with Gasteiger partial charge in [-0.25, -0.2) is 9.18 Å². The molecule has 0 saturated carbocycles. The van der Waals surface area contributed by atoms with Gasteiger partial charge in [0, 0.05) is 18.7 Å². The van der Waals surface area contributed by atoms with Gasteiger partial charge in [0.25, 0.3) is 5.56 Å². The average molecular weight is 313 g/mol. The van der Waals surface area contributed by atoms with E-state index < -0.39 is 40.8 Å². The summed E-state index contributed by atoms with van der Waals surface area (Å²) >= 11 is 0. The summed E-state index contributed by atoms with van der Waals surface area (Å²) in [4.78, 5) is 36.7. The van der Waals surface area contributed by atoms with Gasteiger partial charge in [-0.1, -0.05) is 0 Å². The van der Waals surface area contributed by atoms with Gasteiger partial charge in [-0.2, -0.15) is 0 Å². The van der Waals surface area contributed by atoms with Crippen molar-refractivity contribution in [2.45, 2.75) is 51.3 Å². The fourth-order valence-corrected chi connectivity index (χ4v) is 2.52. The number of nitrogens with zero attached hydrogens (tertiary/aromatic N) is 1. The van der Waals surface area contributed by atoms with E-state index in [0.717, 1.165) is 11.5 Å². The molecule has 1 aromatic rings. The highest BCUT2D eigenvalue weighted by molar-refractivity contribution is 5.67.